The molecule has 0 spiro atoms. The quantitative estimate of drug-likeness (QED) is 0.609. The first-order valence-electron chi connectivity index (χ1n) is 11.1. The molecule has 31 heavy (non-hydrogen) atoms. The highest BCUT2D eigenvalue weighted by molar-refractivity contribution is 5.94. The number of likely N-dealkylation sites (tertiary alicyclic amines) is 1. The van der Waals surface area contributed by atoms with Crippen LogP contribution in [0.3, 0.4) is 0 Å². The molecular weight excluding hydrogens is 391 g/mol. The zero-order valence-corrected chi connectivity index (χ0v) is 18.8. The number of piperidine rings is 1. The van der Waals surface area contributed by atoms with Crippen LogP contribution in [0.1, 0.15) is 48.4 Å². The van der Waals surface area contributed by atoms with Gasteiger partial charge >= 0.3 is 0 Å². The Bertz CT molecular complexity index is 1080. The van der Waals surface area contributed by atoms with E-state index >= 15 is 0 Å². The zero-order valence-electron chi connectivity index (χ0n) is 18.8. The van der Waals surface area contributed by atoms with Gasteiger partial charge in [-0.05, 0) is 57.9 Å². The number of carbonyl (C=O) groups is 1. The summed E-state index contributed by atoms with van der Waals surface area (Å²) in [6.45, 7) is 8.70. The van der Waals surface area contributed by atoms with Gasteiger partial charge in [0.2, 0.25) is 0 Å². The van der Waals surface area contributed by atoms with Gasteiger partial charge in [-0.25, -0.2) is 9.37 Å². The molecule has 164 valence electrons. The fourth-order valence-corrected chi connectivity index (χ4v) is 4.53. The van der Waals surface area contributed by atoms with Gasteiger partial charge in [0, 0.05) is 43.3 Å². The molecule has 1 amide bonds. The molecule has 6 heteroatoms. The first-order valence-corrected chi connectivity index (χ1v) is 11.1. The van der Waals surface area contributed by atoms with Gasteiger partial charge in [-0.2, -0.15) is 0 Å². The molecule has 0 saturated carbocycles. The standard InChI is InChI=1S/C25H31FN4O/c1-17(2)29-13-11-21(12-14-29)28(4)25(31)19-9-10-20(22(26)15-19)16-30-18(3)27-23-7-5-6-8-24(23)30/h5-10,15,17,21H,11-14,16H2,1-4H3. The van der Waals surface area contributed by atoms with Gasteiger partial charge in [-0.1, -0.05) is 18.2 Å². The molecule has 0 bridgehead atoms. The van der Waals surface area contributed by atoms with Gasteiger partial charge in [0.15, 0.2) is 0 Å². The van der Waals surface area contributed by atoms with E-state index in [1.54, 1.807) is 17.0 Å². The van der Waals surface area contributed by atoms with Gasteiger partial charge in [-0.15, -0.1) is 0 Å². The summed E-state index contributed by atoms with van der Waals surface area (Å²) in [5.41, 5.74) is 2.84. The summed E-state index contributed by atoms with van der Waals surface area (Å²) in [5, 5.41) is 0. The maximum atomic E-state index is 15.0. The highest BCUT2D eigenvalue weighted by Crippen LogP contribution is 2.22. The minimum absolute atomic E-state index is 0.113. The lowest BCUT2D eigenvalue weighted by Crippen LogP contribution is -2.47. The van der Waals surface area contributed by atoms with Crippen molar-refractivity contribution in [1.29, 1.82) is 0 Å². The summed E-state index contributed by atoms with van der Waals surface area (Å²) in [7, 11) is 1.84. The van der Waals surface area contributed by atoms with Gasteiger partial charge < -0.3 is 14.4 Å². The molecule has 2 heterocycles. The third-order valence-electron chi connectivity index (χ3n) is 6.57. The predicted molar refractivity (Wildman–Crippen MR) is 122 cm³/mol. The van der Waals surface area contributed by atoms with Crippen molar-refractivity contribution in [3.8, 4) is 0 Å². The number of nitrogens with zero attached hydrogens (tertiary/aromatic N) is 4. The van der Waals surface area contributed by atoms with E-state index in [-0.39, 0.29) is 17.8 Å². The van der Waals surface area contributed by atoms with E-state index in [2.05, 4.69) is 23.7 Å². The second-order valence-electron chi connectivity index (χ2n) is 8.82. The molecule has 0 N–H and O–H groups in total. The van der Waals surface area contributed by atoms with E-state index in [1.165, 1.54) is 6.07 Å². The topological polar surface area (TPSA) is 41.4 Å². The zero-order chi connectivity index (χ0) is 22.1. The third-order valence-corrected chi connectivity index (χ3v) is 6.57. The van der Waals surface area contributed by atoms with Crippen LogP contribution in [0.2, 0.25) is 0 Å². The minimum Gasteiger partial charge on any atom is -0.339 e. The van der Waals surface area contributed by atoms with Gasteiger partial charge in [0.25, 0.3) is 5.91 Å². The fraction of sp³-hybridized carbons (Fsp3) is 0.440. The average Bonchev–Trinajstić information content (AvgIpc) is 3.09. The summed E-state index contributed by atoms with van der Waals surface area (Å²) >= 11 is 0. The van der Waals surface area contributed by atoms with Crippen LogP contribution >= 0.6 is 0 Å². The van der Waals surface area contributed by atoms with Crippen LogP contribution in [0.15, 0.2) is 42.5 Å². The number of aryl methyl sites for hydroxylation is 1. The Labute approximate surface area is 183 Å². The summed E-state index contributed by atoms with van der Waals surface area (Å²) in [6.07, 6.45) is 1.90. The number of benzene rings is 2. The Kier molecular flexibility index (Phi) is 6.10. The molecule has 5 nitrogen and oxygen atoms in total. The van der Waals surface area contributed by atoms with Crippen LogP contribution in [0.5, 0.6) is 0 Å². The van der Waals surface area contributed by atoms with Crippen molar-refractivity contribution in [1.82, 2.24) is 19.4 Å². The van der Waals surface area contributed by atoms with Crippen molar-refractivity contribution in [3.63, 3.8) is 0 Å². The number of carbonyl (C=O) groups excluding carboxylic acids is 1. The van der Waals surface area contributed by atoms with Crippen LogP contribution in [-0.2, 0) is 6.54 Å². The lowest BCUT2D eigenvalue weighted by atomic mass is 10.0. The summed E-state index contributed by atoms with van der Waals surface area (Å²) in [6, 6.07) is 13.4. The monoisotopic (exact) mass is 422 g/mol. The van der Waals surface area contributed by atoms with E-state index in [0.717, 1.165) is 42.8 Å². The predicted octanol–water partition coefficient (Wildman–Crippen LogP) is 4.48. The number of fused-ring (bicyclic) bond motifs is 1. The SMILES string of the molecule is Cc1nc2ccccc2n1Cc1ccc(C(=O)N(C)C2CCN(C(C)C)CC2)cc1F. The highest BCUT2D eigenvalue weighted by Gasteiger charge is 2.27. The second-order valence-corrected chi connectivity index (χ2v) is 8.82. The van der Waals surface area contributed by atoms with Crippen LogP contribution in [-0.4, -0.2) is 57.5 Å². The largest absolute Gasteiger partial charge is 0.339 e. The van der Waals surface area contributed by atoms with Crippen LogP contribution < -0.4 is 0 Å². The van der Waals surface area contributed by atoms with Crippen LogP contribution in [0.4, 0.5) is 4.39 Å². The second kappa shape index (κ2) is 8.79. The molecule has 3 aromatic rings. The molecule has 1 aliphatic heterocycles. The van der Waals surface area contributed by atoms with Crippen LogP contribution in [0, 0.1) is 12.7 Å². The van der Waals surface area contributed by atoms with E-state index in [9.17, 15) is 9.18 Å². The molecule has 0 unspecified atom stereocenters. The molecule has 0 atom stereocenters. The maximum absolute atomic E-state index is 15.0. The number of aromatic nitrogens is 2. The number of hydrogen-bond acceptors (Lipinski definition) is 3. The Balaban J connectivity index is 1.48. The number of imidazole rings is 1. The Morgan fingerprint density at radius 3 is 2.58 bits per heavy atom. The maximum Gasteiger partial charge on any atom is 0.253 e. The van der Waals surface area contributed by atoms with Gasteiger partial charge in [-0.3, -0.25) is 4.79 Å². The Morgan fingerprint density at radius 2 is 1.90 bits per heavy atom. The first-order chi connectivity index (χ1) is 14.8. The molecule has 1 aliphatic rings. The average molecular weight is 423 g/mol. The molecular formula is C25H31FN4O. The van der Waals surface area contributed by atoms with E-state index in [1.807, 2.05) is 42.8 Å². The molecule has 1 fully saturated rings. The number of hydrogen-bond donors (Lipinski definition) is 0. The smallest absolute Gasteiger partial charge is 0.253 e. The van der Waals surface area contributed by atoms with Crippen molar-refractivity contribution in [2.75, 3.05) is 20.1 Å². The van der Waals surface area contributed by atoms with Gasteiger partial charge in [0.1, 0.15) is 11.6 Å². The summed E-state index contributed by atoms with van der Waals surface area (Å²) in [4.78, 5) is 21.8. The number of amides is 1. The van der Waals surface area contributed by atoms with Crippen molar-refractivity contribution >= 4 is 16.9 Å². The molecule has 0 radical (unpaired) electrons. The normalized spacial score (nSPS) is 15.7. The van der Waals surface area contributed by atoms with Crippen molar-refractivity contribution in [2.24, 2.45) is 0 Å². The minimum atomic E-state index is -0.356. The van der Waals surface area contributed by atoms with Gasteiger partial charge in [0.05, 0.1) is 17.6 Å². The molecule has 1 saturated heterocycles. The molecule has 1 aromatic heterocycles. The fourth-order valence-electron chi connectivity index (χ4n) is 4.53. The summed E-state index contributed by atoms with van der Waals surface area (Å²) < 4.78 is 17.0. The number of rotatable bonds is 5. The van der Waals surface area contributed by atoms with E-state index in [4.69, 9.17) is 0 Å². The molecule has 2 aromatic carbocycles. The Morgan fingerprint density at radius 1 is 1.19 bits per heavy atom. The summed E-state index contributed by atoms with van der Waals surface area (Å²) in [5.74, 6) is 0.372. The Hall–Kier alpha value is -2.73. The molecule has 4 rings (SSSR count). The van der Waals surface area contributed by atoms with Crippen molar-refractivity contribution in [3.05, 3.63) is 65.2 Å². The number of halogens is 1. The lowest BCUT2D eigenvalue weighted by Gasteiger charge is -2.38. The first kappa shape index (κ1) is 21.5. The van der Waals surface area contributed by atoms with E-state index in [0.29, 0.717) is 23.7 Å². The van der Waals surface area contributed by atoms with Crippen molar-refractivity contribution in [2.45, 2.75) is 52.2 Å². The molecule has 0 aliphatic carbocycles. The van der Waals surface area contributed by atoms with Crippen molar-refractivity contribution < 1.29 is 9.18 Å². The lowest BCUT2D eigenvalue weighted by molar-refractivity contribution is 0.0615. The van der Waals surface area contributed by atoms with Crippen LogP contribution in [0.25, 0.3) is 11.0 Å². The highest BCUT2D eigenvalue weighted by atomic mass is 19.1. The van der Waals surface area contributed by atoms with E-state index < -0.39 is 0 Å². The number of para-hydroxylation sites is 2. The third kappa shape index (κ3) is 4.35.